The van der Waals surface area contributed by atoms with Crippen molar-refractivity contribution < 1.29 is 14.3 Å². The van der Waals surface area contributed by atoms with Crippen LogP contribution in [-0.2, 0) is 9.53 Å². The molecule has 5 nitrogen and oxygen atoms in total. The maximum Gasteiger partial charge on any atom is 0.337 e. The standard InChI is InChI=1S/C17H20N2O3S/c1-22-17(21)13-9-7-12(8-10-13)16-18-19(15(20)11-23-16)14-5-3-2-4-6-14/h7-10,14H,2-6,11H2,1H3. The maximum atomic E-state index is 12.2. The van der Waals surface area contributed by atoms with Gasteiger partial charge in [0.2, 0.25) is 0 Å². The Bertz CT molecular complexity index is 621. The molecule has 0 aromatic heterocycles. The Morgan fingerprint density at radius 2 is 1.91 bits per heavy atom. The molecule has 1 aromatic rings. The first-order valence-electron chi connectivity index (χ1n) is 7.91. The van der Waals surface area contributed by atoms with E-state index in [-0.39, 0.29) is 17.9 Å². The van der Waals surface area contributed by atoms with Gasteiger partial charge in [0, 0.05) is 5.56 Å². The van der Waals surface area contributed by atoms with Crippen LogP contribution in [0.1, 0.15) is 48.0 Å². The molecule has 6 heteroatoms. The average molecular weight is 332 g/mol. The highest BCUT2D eigenvalue weighted by atomic mass is 32.2. The predicted octanol–water partition coefficient (Wildman–Crippen LogP) is 3.04. The Morgan fingerprint density at radius 3 is 2.57 bits per heavy atom. The summed E-state index contributed by atoms with van der Waals surface area (Å²) in [5.41, 5.74) is 1.44. The number of rotatable bonds is 3. The minimum Gasteiger partial charge on any atom is -0.465 e. The summed E-state index contributed by atoms with van der Waals surface area (Å²) in [7, 11) is 1.37. The van der Waals surface area contributed by atoms with Crippen molar-refractivity contribution >= 4 is 28.7 Å². The molecule has 0 spiro atoms. The monoisotopic (exact) mass is 332 g/mol. The van der Waals surface area contributed by atoms with Crippen LogP contribution < -0.4 is 0 Å². The van der Waals surface area contributed by atoms with Gasteiger partial charge in [-0.3, -0.25) is 4.79 Å². The van der Waals surface area contributed by atoms with E-state index >= 15 is 0 Å². The first-order chi connectivity index (χ1) is 11.2. The van der Waals surface area contributed by atoms with Crippen LogP contribution in [0.25, 0.3) is 0 Å². The summed E-state index contributed by atoms with van der Waals surface area (Å²) in [5, 5.41) is 7.13. The fourth-order valence-corrected chi connectivity index (χ4v) is 3.84. The third-order valence-corrected chi connectivity index (χ3v) is 5.24. The molecule has 3 rings (SSSR count). The van der Waals surface area contributed by atoms with Crippen LogP contribution in [0.2, 0.25) is 0 Å². The van der Waals surface area contributed by atoms with E-state index < -0.39 is 0 Å². The zero-order chi connectivity index (χ0) is 16.2. The van der Waals surface area contributed by atoms with Gasteiger partial charge in [0.15, 0.2) is 0 Å². The van der Waals surface area contributed by atoms with E-state index in [0.29, 0.717) is 11.3 Å². The number of methoxy groups -OCH3 is 1. The summed E-state index contributed by atoms with van der Waals surface area (Å²) in [6.07, 6.45) is 5.66. The molecule has 0 atom stereocenters. The van der Waals surface area contributed by atoms with E-state index in [1.807, 2.05) is 12.1 Å². The van der Waals surface area contributed by atoms with E-state index in [4.69, 9.17) is 4.74 Å². The van der Waals surface area contributed by atoms with Crippen molar-refractivity contribution in [3.05, 3.63) is 35.4 Å². The second kappa shape index (κ2) is 7.17. The quantitative estimate of drug-likeness (QED) is 0.798. The van der Waals surface area contributed by atoms with Crippen LogP contribution in [0.3, 0.4) is 0 Å². The van der Waals surface area contributed by atoms with Gasteiger partial charge in [-0.2, -0.15) is 5.10 Å². The minimum absolute atomic E-state index is 0.0943. The average Bonchev–Trinajstić information content (AvgIpc) is 2.62. The van der Waals surface area contributed by atoms with Crippen molar-refractivity contribution in [3.63, 3.8) is 0 Å². The van der Waals surface area contributed by atoms with Crippen LogP contribution in [0.15, 0.2) is 29.4 Å². The van der Waals surface area contributed by atoms with Gasteiger partial charge in [0.25, 0.3) is 5.91 Å². The first-order valence-corrected chi connectivity index (χ1v) is 8.90. The summed E-state index contributed by atoms with van der Waals surface area (Å²) >= 11 is 1.45. The molecule has 1 aromatic carbocycles. The molecule has 1 fully saturated rings. The van der Waals surface area contributed by atoms with Gasteiger partial charge in [-0.15, -0.1) is 0 Å². The molecular weight excluding hydrogens is 312 g/mol. The highest BCUT2D eigenvalue weighted by molar-refractivity contribution is 8.15. The van der Waals surface area contributed by atoms with Crippen molar-refractivity contribution in [3.8, 4) is 0 Å². The second-order valence-electron chi connectivity index (χ2n) is 5.79. The normalized spacial score (nSPS) is 19.4. The Labute approximate surface area is 140 Å². The number of nitrogens with zero attached hydrogens (tertiary/aromatic N) is 2. The number of amides is 1. The Hall–Kier alpha value is -1.82. The van der Waals surface area contributed by atoms with Crippen molar-refractivity contribution in [1.82, 2.24) is 5.01 Å². The molecule has 0 bridgehead atoms. The number of hydrogen-bond acceptors (Lipinski definition) is 5. The van der Waals surface area contributed by atoms with Gasteiger partial charge in [-0.1, -0.05) is 43.2 Å². The molecule has 0 N–H and O–H groups in total. The van der Waals surface area contributed by atoms with Crippen molar-refractivity contribution in [2.45, 2.75) is 38.1 Å². The van der Waals surface area contributed by atoms with Gasteiger partial charge in [0.1, 0.15) is 5.04 Å². The Kier molecular flexibility index (Phi) is 5.00. The lowest BCUT2D eigenvalue weighted by atomic mass is 9.95. The smallest absolute Gasteiger partial charge is 0.337 e. The summed E-state index contributed by atoms with van der Waals surface area (Å²) in [6, 6.07) is 7.40. The van der Waals surface area contributed by atoms with E-state index in [0.717, 1.165) is 23.4 Å². The Balaban J connectivity index is 1.80. The third kappa shape index (κ3) is 3.58. The predicted molar refractivity (Wildman–Crippen MR) is 90.5 cm³/mol. The van der Waals surface area contributed by atoms with Crippen LogP contribution in [0.4, 0.5) is 0 Å². The highest BCUT2D eigenvalue weighted by Crippen LogP contribution is 2.28. The number of benzene rings is 1. The summed E-state index contributed by atoms with van der Waals surface area (Å²) < 4.78 is 4.70. The lowest BCUT2D eigenvalue weighted by Crippen LogP contribution is -2.41. The molecule has 1 heterocycles. The summed E-state index contributed by atoms with van der Waals surface area (Å²) in [5.74, 6) is 0.166. The van der Waals surface area contributed by atoms with Crippen LogP contribution in [0.5, 0.6) is 0 Å². The second-order valence-corrected chi connectivity index (χ2v) is 6.76. The summed E-state index contributed by atoms with van der Waals surface area (Å²) in [4.78, 5) is 23.7. The topological polar surface area (TPSA) is 59.0 Å². The van der Waals surface area contributed by atoms with Crippen LogP contribution >= 0.6 is 11.8 Å². The zero-order valence-electron chi connectivity index (χ0n) is 13.2. The lowest BCUT2D eigenvalue weighted by molar-refractivity contribution is -0.131. The molecule has 0 unspecified atom stereocenters. The van der Waals surface area contributed by atoms with Crippen LogP contribution in [-0.4, -0.2) is 40.8 Å². The van der Waals surface area contributed by atoms with Gasteiger partial charge >= 0.3 is 5.97 Å². The molecule has 1 aliphatic carbocycles. The SMILES string of the molecule is COC(=O)c1ccc(C2=NN(C3CCCCC3)C(=O)CS2)cc1. The van der Waals surface area contributed by atoms with E-state index in [1.165, 1.54) is 38.1 Å². The molecular formula is C17H20N2O3S. The zero-order valence-corrected chi connectivity index (χ0v) is 14.0. The number of ether oxygens (including phenoxy) is 1. The molecule has 1 saturated carbocycles. The molecule has 2 aliphatic rings. The molecule has 0 saturated heterocycles. The maximum absolute atomic E-state index is 12.2. The number of esters is 1. The van der Waals surface area contributed by atoms with E-state index in [9.17, 15) is 9.59 Å². The number of hydrogen-bond donors (Lipinski definition) is 0. The first kappa shape index (κ1) is 16.1. The van der Waals surface area contributed by atoms with Crippen molar-refractivity contribution in [2.24, 2.45) is 5.10 Å². The van der Waals surface area contributed by atoms with Crippen molar-refractivity contribution in [2.75, 3.05) is 12.9 Å². The van der Waals surface area contributed by atoms with Gasteiger partial charge in [-0.05, 0) is 25.0 Å². The molecule has 1 aliphatic heterocycles. The Morgan fingerprint density at radius 1 is 1.22 bits per heavy atom. The van der Waals surface area contributed by atoms with Crippen LogP contribution in [0, 0.1) is 0 Å². The summed E-state index contributed by atoms with van der Waals surface area (Å²) in [6.45, 7) is 0. The number of carbonyl (C=O) groups is 2. The third-order valence-electron chi connectivity index (χ3n) is 4.26. The fourth-order valence-electron chi connectivity index (χ4n) is 3.00. The van der Waals surface area contributed by atoms with Gasteiger partial charge < -0.3 is 4.74 Å². The molecule has 1 amide bonds. The van der Waals surface area contributed by atoms with E-state index in [1.54, 1.807) is 17.1 Å². The number of hydrazone groups is 1. The fraction of sp³-hybridized carbons (Fsp3) is 0.471. The van der Waals surface area contributed by atoms with Crippen molar-refractivity contribution in [1.29, 1.82) is 0 Å². The molecule has 0 radical (unpaired) electrons. The molecule has 122 valence electrons. The largest absolute Gasteiger partial charge is 0.465 e. The minimum atomic E-state index is -0.353. The van der Waals surface area contributed by atoms with Gasteiger partial charge in [0.05, 0.1) is 24.5 Å². The highest BCUT2D eigenvalue weighted by Gasteiger charge is 2.29. The van der Waals surface area contributed by atoms with Gasteiger partial charge in [-0.25, -0.2) is 9.80 Å². The van der Waals surface area contributed by atoms with E-state index in [2.05, 4.69) is 5.10 Å². The number of carbonyl (C=O) groups excluding carboxylic acids is 2. The molecule has 23 heavy (non-hydrogen) atoms. The number of thioether (sulfide) groups is 1. The lowest BCUT2D eigenvalue weighted by Gasteiger charge is -2.33.